The first-order valence-corrected chi connectivity index (χ1v) is 10.1. The lowest BCUT2D eigenvalue weighted by molar-refractivity contribution is 0.0696. The van der Waals surface area contributed by atoms with E-state index in [2.05, 4.69) is 54.6 Å². The Balaban J connectivity index is 1.59. The van der Waals surface area contributed by atoms with Gasteiger partial charge in [0.2, 0.25) is 0 Å². The number of nitrogens with zero attached hydrogens (tertiary/aromatic N) is 1. The molecule has 0 radical (unpaired) electrons. The predicted octanol–water partition coefficient (Wildman–Crippen LogP) is 5.14. The van der Waals surface area contributed by atoms with E-state index in [0.717, 1.165) is 40.1 Å². The zero-order valence-electron chi connectivity index (χ0n) is 17.1. The number of ether oxygens (including phenoxy) is 2. The largest absolute Gasteiger partial charge is 0.494 e. The molecule has 0 fully saturated rings. The Bertz CT molecular complexity index is 1080. The lowest BCUT2D eigenvalue weighted by Gasteiger charge is -2.38. The molecule has 0 bridgehead atoms. The standard InChI is InChI=1S/C23H25N3O2S/c1-14-7-8-15-18(13-23(2,3)28-20(15)12-14)26-22(29)25-17-9-10-19(27-4)21-16(17)6-5-11-24-21/h5-12,18H,13H2,1-4H3,(H2,25,26,29)/t18-/m1/s1. The van der Waals surface area contributed by atoms with Crippen molar-refractivity contribution in [2.45, 2.75) is 38.8 Å². The molecule has 5 nitrogen and oxygen atoms in total. The number of rotatable bonds is 3. The molecule has 4 rings (SSSR count). The number of methoxy groups -OCH3 is 1. The second-order valence-electron chi connectivity index (χ2n) is 7.97. The van der Waals surface area contributed by atoms with Crippen molar-refractivity contribution in [2.24, 2.45) is 0 Å². The highest BCUT2D eigenvalue weighted by Gasteiger charge is 2.34. The van der Waals surface area contributed by atoms with Gasteiger partial charge in [-0.2, -0.15) is 0 Å². The monoisotopic (exact) mass is 407 g/mol. The summed E-state index contributed by atoms with van der Waals surface area (Å²) >= 11 is 5.66. The van der Waals surface area contributed by atoms with Crippen molar-refractivity contribution in [3.63, 3.8) is 0 Å². The van der Waals surface area contributed by atoms with Gasteiger partial charge in [0, 0.05) is 29.3 Å². The molecule has 1 aliphatic rings. The minimum atomic E-state index is -0.273. The average molecular weight is 408 g/mol. The zero-order chi connectivity index (χ0) is 20.6. The minimum Gasteiger partial charge on any atom is -0.494 e. The van der Waals surface area contributed by atoms with Crippen LogP contribution in [0.3, 0.4) is 0 Å². The summed E-state index contributed by atoms with van der Waals surface area (Å²) in [6, 6.07) is 14.1. The predicted molar refractivity (Wildman–Crippen MR) is 121 cm³/mol. The summed E-state index contributed by atoms with van der Waals surface area (Å²) in [6.07, 6.45) is 2.57. The van der Waals surface area contributed by atoms with E-state index in [-0.39, 0.29) is 11.6 Å². The van der Waals surface area contributed by atoms with Gasteiger partial charge in [-0.1, -0.05) is 12.1 Å². The van der Waals surface area contributed by atoms with Crippen molar-refractivity contribution in [2.75, 3.05) is 12.4 Å². The van der Waals surface area contributed by atoms with Gasteiger partial charge >= 0.3 is 0 Å². The Hall–Kier alpha value is -2.86. The Morgan fingerprint density at radius 2 is 2.07 bits per heavy atom. The maximum atomic E-state index is 6.19. The Morgan fingerprint density at radius 1 is 1.24 bits per heavy atom. The van der Waals surface area contributed by atoms with Crippen molar-refractivity contribution >= 4 is 33.9 Å². The molecule has 2 N–H and O–H groups in total. The number of nitrogens with one attached hydrogen (secondary N) is 2. The molecule has 150 valence electrons. The van der Waals surface area contributed by atoms with Crippen LogP contribution in [0.2, 0.25) is 0 Å². The van der Waals surface area contributed by atoms with Gasteiger partial charge in [0.1, 0.15) is 22.6 Å². The molecule has 0 aliphatic carbocycles. The number of aryl methyl sites for hydroxylation is 1. The zero-order valence-corrected chi connectivity index (χ0v) is 17.9. The molecule has 1 aromatic heterocycles. The minimum absolute atomic E-state index is 0.0667. The summed E-state index contributed by atoms with van der Waals surface area (Å²) in [6.45, 7) is 6.28. The molecule has 29 heavy (non-hydrogen) atoms. The fraction of sp³-hybridized carbons (Fsp3) is 0.304. The second-order valence-corrected chi connectivity index (χ2v) is 8.38. The molecule has 6 heteroatoms. The number of hydrogen-bond donors (Lipinski definition) is 2. The fourth-order valence-corrected chi connectivity index (χ4v) is 4.08. The van der Waals surface area contributed by atoms with E-state index in [1.165, 1.54) is 5.56 Å². The Morgan fingerprint density at radius 3 is 2.86 bits per heavy atom. The van der Waals surface area contributed by atoms with E-state index < -0.39 is 0 Å². The summed E-state index contributed by atoms with van der Waals surface area (Å²) in [7, 11) is 1.65. The summed E-state index contributed by atoms with van der Waals surface area (Å²) in [5.41, 5.74) is 3.72. The summed E-state index contributed by atoms with van der Waals surface area (Å²) in [5, 5.41) is 8.34. The lowest BCUT2D eigenvalue weighted by Crippen LogP contribution is -2.42. The number of thiocarbonyl (C=S) groups is 1. The molecule has 3 aromatic rings. The van der Waals surface area contributed by atoms with Crippen molar-refractivity contribution < 1.29 is 9.47 Å². The quantitative estimate of drug-likeness (QED) is 0.586. The Kier molecular flexibility index (Phi) is 5.04. The maximum absolute atomic E-state index is 6.19. The van der Waals surface area contributed by atoms with E-state index in [1.807, 2.05) is 24.3 Å². The molecule has 2 aromatic carbocycles. The van der Waals surface area contributed by atoms with Crippen LogP contribution >= 0.6 is 12.2 Å². The normalized spacial score (nSPS) is 17.2. The summed E-state index contributed by atoms with van der Waals surface area (Å²) < 4.78 is 11.6. The van der Waals surface area contributed by atoms with Gasteiger partial charge in [-0.15, -0.1) is 0 Å². The molecule has 1 aliphatic heterocycles. The third-order valence-electron chi connectivity index (χ3n) is 5.13. The number of benzene rings is 2. The topological polar surface area (TPSA) is 55.4 Å². The molecular weight excluding hydrogens is 382 g/mol. The van der Waals surface area contributed by atoms with E-state index in [1.54, 1.807) is 13.3 Å². The maximum Gasteiger partial charge on any atom is 0.171 e. The first kappa shape index (κ1) is 19.5. The van der Waals surface area contributed by atoms with Gasteiger partial charge in [0.05, 0.1) is 13.2 Å². The fourth-order valence-electron chi connectivity index (χ4n) is 3.82. The number of fused-ring (bicyclic) bond motifs is 2. The van der Waals surface area contributed by atoms with Crippen LogP contribution < -0.4 is 20.1 Å². The first-order valence-electron chi connectivity index (χ1n) is 9.65. The highest BCUT2D eigenvalue weighted by atomic mass is 32.1. The van der Waals surface area contributed by atoms with Crippen LogP contribution in [0.4, 0.5) is 5.69 Å². The SMILES string of the molecule is COc1ccc(NC(=S)N[C@@H]2CC(C)(C)Oc3cc(C)ccc32)c2cccnc12. The second kappa shape index (κ2) is 7.52. The molecule has 0 saturated carbocycles. The van der Waals surface area contributed by atoms with Gasteiger partial charge < -0.3 is 20.1 Å². The van der Waals surface area contributed by atoms with Gasteiger partial charge in [-0.3, -0.25) is 4.98 Å². The average Bonchev–Trinajstić information content (AvgIpc) is 2.67. The summed E-state index contributed by atoms with van der Waals surface area (Å²) in [5.74, 6) is 1.65. The molecular formula is C23H25N3O2S. The highest BCUT2D eigenvalue weighted by molar-refractivity contribution is 7.80. The summed E-state index contributed by atoms with van der Waals surface area (Å²) in [4.78, 5) is 4.45. The molecule has 0 amide bonds. The van der Waals surface area contributed by atoms with Gasteiger partial charge in [-0.05, 0) is 68.9 Å². The molecule has 0 saturated heterocycles. The molecule has 2 heterocycles. The van der Waals surface area contributed by atoms with E-state index in [0.29, 0.717) is 5.11 Å². The van der Waals surface area contributed by atoms with Crippen LogP contribution in [0.1, 0.15) is 37.4 Å². The number of anilines is 1. The molecule has 0 spiro atoms. The smallest absolute Gasteiger partial charge is 0.171 e. The van der Waals surface area contributed by atoms with Crippen molar-refractivity contribution in [3.8, 4) is 11.5 Å². The third kappa shape index (κ3) is 3.98. The van der Waals surface area contributed by atoms with Crippen molar-refractivity contribution in [1.29, 1.82) is 0 Å². The lowest BCUT2D eigenvalue weighted by atomic mass is 9.89. The number of hydrogen-bond acceptors (Lipinski definition) is 4. The Labute approximate surface area is 176 Å². The van der Waals surface area contributed by atoms with E-state index in [4.69, 9.17) is 21.7 Å². The number of pyridine rings is 1. The van der Waals surface area contributed by atoms with Crippen LogP contribution in [0.25, 0.3) is 10.9 Å². The molecule has 1 atom stereocenters. The van der Waals surface area contributed by atoms with Crippen LogP contribution in [0.5, 0.6) is 11.5 Å². The van der Waals surface area contributed by atoms with Crippen molar-refractivity contribution in [3.05, 3.63) is 59.8 Å². The third-order valence-corrected chi connectivity index (χ3v) is 5.35. The van der Waals surface area contributed by atoms with Crippen LogP contribution in [-0.2, 0) is 0 Å². The van der Waals surface area contributed by atoms with Crippen LogP contribution in [-0.4, -0.2) is 22.8 Å². The first-order chi connectivity index (χ1) is 13.9. The van der Waals surface area contributed by atoms with Crippen molar-refractivity contribution in [1.82, 2.24) is 10.3 Å². The van der Waals surface area contributed by atoms with E-state index in [9.17, 15) is 0 Å². The molecule has 0 unspecified atom stereocenters. The van der Waals surface area contributed by atoms with Gasteiger partial charge in [0.25, 0.3) is 0 Å². The van der Waals surface area contributed by atoms with Crippen LogP contribution in [0, 0.1) is 6.92 Å². The number of aromatic nitrogens is 1. The van der Waals surface area contributed by atoms with Gasteiger partial charge in [-0.25, -0.2) is 0 Å². The van der Waals surface area contributed by atoms with Crippen LogP contribution in [0.15, 0.2) is 48.7 Å². The highest BCUT2D eigenvalue weighted by Crippen LogP contribution is 2.40. The van der Waals surface area contributed by atoms with Gasteiger partial charge in [0.15, 0.2) is 5.11 Å². The van der Waals surface area contributed by atoms with E-state index >= 15 is 0 Å².